The van der Waals surface area contributed by atoms with Crippen molar-refractivity contribution in [1.29, 1.82) is 0 Å². The fraction of sp³-hybridized carbons (Fsp3) is 0.0213. The predicted molar refractivity (Wildman–Crippen MR) is 208 cm³/mol. The average molecular weight is 689 g/mol. The fourth-order valence-electron chi connectivity index (χ4n) is 8.25. The SMILES string of the molecule is c1ccc(N(c2cccc(C3(c4ccccc4)c4ccccc4-c4ccccc43)c2)c2ccc3c(ccc4c5ccccc5[se]c34)c2)cc1. The van der Waals surface area contributed by atoms with E-state index in [0.29, 0.717) is 14.5 Å². The Bertz CT molecular complexity index is 2630. The van der Waals surface area contributed by atoms with Gasteiger partial charge in [0.1, 0.15) is 0 Å². The van der Waals surface area contributed by atoms with E-state index < -0.39 is 5.41 Å². The molecule has 1 nitrogen and oxygen atoms in total. The molecule has 0 unspecified atom stereocenters. The predicted octanol–water partition coefficient (Wildman–Crippen LogP) is 12.0. The van der Waals surface area contributed by atoms with Crippen LogP contribution in [0.25, 0.3) is 41.2 Å². The number of rotatable bonds is 5. The Hall–Kier alpha value is -5.66. The summed E-state index contributed by atoms with van der Waals surface area (Å²) in [5.74, 6) is 0. The molecule has 230 valence electrons. The van der Waals surface area contributed by atoms with Crippen LogP contribution < -0.4 is 4.90 Å². The van der Waals surface area contributed by atoms with Gasteiger partial charge in [0, 0.05) is 0 Å². The zero-order valence-corrected chi connectivity index (χ0v) is 28.5. The molecule has 1 heterocycles. The summed E-state index contributed by atoms with van der Waals surface area (Å²) in [6, 6.07) is 69.6. The molecule has 0 amide bonds. The van der Waals surface area contributed by atoms with E-state index in [9.17, 15) is 0 Å². The quantitative estimate of drug-likeness (QED) is 0.163. The summed E-state index contributed by atoms with van der Waals surface area (Å²) in [6.07, 6.45) is 0. The number of nitrogens with zero attached hydrogens (tertiary/aromatic N) is 1. The minimum atomic E-state index is -0.451. The third kappa shape index (κ3) is 4.25. The summed E-state index contributed by atoms with van der Waals surface area (Å²) in [7, 11) is 0. The van der Waals surface area contributed by atoms with Crippen LogP contribution in [0.5, 0.6) is 0 Å². The average Bonchev–Trinajstić information content (AvgIpc) is 3.70. The van der Waals surface area contributed by atoms with Crippen molar-refractivity contribution in [1.82, 2.24) is 0 Å². The maximum atomic E-state index is 2.42. The molecule has 0 fully saturated rings. The Balaban J connectivity index is 1.20. The molecule has 0 saturated carbocycles. The molecule has 10 rings (SSSR count). The summed E-state index contributed by atoms with van der Waals surface area (Å²) < 4.78 is 2.97. The molecule has 0 atom stereocenters. The molecule has 0 aliphatic heterocycles. The third-order valence-electron chi connectivity index (χ3n) is 10.3. The van der Waals surface area contributed by atoms with Gasteiger partial charge in [0.25, 0.3) is 0 Å². The molecule has 9 aromatic rings. The van der Waals surface area contributed by atoms with Crippen LogP contribution in [0.3, 0.4) is 0 Å². The monoisotopic (exact) mass is 689 g/mol. The first-order chi connectivity index (χ1) is 24.3. The van der Waals surface area contributed by atoms with E-state index in [1.807, 2.05) is 0 Å². The number of hydrogen-bond donors (Lipinski definition) is 0. The number of anilines is 3. The summed E-state index contributed by atoms with van der Waals surface area (Å²) in [5, 5.41) is 5.43. The van der Waals surface area contributed by atoms with Gasteiger partial charge in [0.15, 0.2) is 0 Å². The summed E-state index contributed by atoms with van der Waals surface area (Å²) in [4.78, 5) is 2.42. The van der Waals surface area contributed by atoms with E-state index in [2.05, 4.69) is 193 Å². The first kappa shape index (κ1) is 28.4. The Morgan fingerprint density at radius 3 is 1.76 bits per heavy atom. The number of fused-ring (bicyclic) bond motifs is 8. The van der Waals surface area contributed by atoms with Crippen molar-refractivity contribution in [2.75, 3.05) is 4.90 Å². The molecule has 0 N–H and O–H groups in total. The maximum absolute atomic E-state index is 2.42. The molecule has 0 radical (unpaired) electrons. The third-order valence-corrected chi connectivity index (χ3v) is 12.9. The van der Waals surface area contributed by atoms with Crippen molar-refractivity contribution in [3.8, 4) is 11.1 Å². The van der Waals surface area contributed by atoms with Crippen molar-refractivity contribution < 1.29 is 0 Å². The van der Waals surface area contributed by atoms with Crippen molar-refractivity contribution >= 4 is 61.6 Å². The normalized spacial score (nSPS) is 13.1. The van der Waals surface area contributed by atoms with Gasteiger partial charge in [-0.3, -0.25) is 0 Å². The van der Waals surface area contributed by atoms with Crippen LogP contribution in [0.4, 0.5) is 17.1 Å². The van der Waals surface area contributed by atoms with Crippen molar-refractivity contribution in [3.63, 3.8) is 0 Å². The number of hydrogen-bond acceptors (Lipinski definition) is 1. The Morgan fingerprint density at radius 2 is 0.980 bits per heavy atom. The second kappa shape index (κ2) is 11.2. The summed E-state index contributed by atoms with van der Waals surface area (Å²) in [6.45, 7) is 0. The molecule has 8 aromatic carbocycles. The van der Waals surface area contributed by atoms with Gasteiger partial charge in [-0.2, -0.15) is 0 Å². The van der Waals surface area contributed by atoms with Crippen LogP contribution in [0.15, 0.2) is 188 Å². The van der Waals surface area contributed by atoms with Crippen LogP contribution in [0.1, 0.15) is 22.3 Å². The molecule has 2 heteroatoms. The molecule has 0 saturated heterocycles. The summed E-state index contributed by atoms with van der Waals surface area (Å²) >= 11 is 0.306. The van der Waals surface area contributed by atoms with E-state index in [1.54, 1.807) is 0 Å². The zero-order valence-electron chi connectivity index (χ0n) is 26.8. The van der Waals surface area contributed by atoms with Crippen molar-refractivity contribution in [3.05, 3.63) is 210 Å². The van der Waals surface area contributed by atoms with Crippen LogP contribution in [-0.4, -0.2) is 14.5 Å². The molecular formula is C47H31NSe. The molecule has 1 aliphatic carbocycles. The van der Waals surface area contributed by atoms with Crippen LogP contribution in [0.2, 0.25) is 0 Å². The number of benzene rings is 8. The van der Waals surface area contributed by atoms with Gasteiger partial charge in [-0.15, -0.1) is 0 Å². The van der Waals surface area contributed by atoms with E-state index in [-0.39, 0.29) is 0 Å². The van der Waals surface area contributed by atoms with Gasteiger partial charge in [0.2, 0.25) is 0 Å². The van der Waals surface area contributed by atoms with Gasteiger partial charge in [0.05, 0.1) is 0 Å². The van der Waals surface area contributed by atoms with Gasteiger partial charge < -0.3 is 0 Å². The van der Waals surface area contributed by atoms with E-state index in [0.717, 1.165) is 17.1 Å². The van der Waals surface area contributed by atoms with Gasteiger partial charge in [-0.1, -0.05) is 54.6 Å². The van der Waals surface area contributed by atoms with Gasteiger partial charge in [-0.05, 0) is 0 Å². The number of para-hydroxylation sites is 1. The van der Waals surface area contributed by atoms with Gasteiger partial charge >= 0.3 is 239 Å². The molecular weight excluding hydrogens is 657 g/mol. The van der Waals surface area contributed by atoms with Crippen LogP contribution in [0, 0.1) is 0 Å². The molecule has 1 aromatic heterocycles. The minimum absolute atomic E-state index is 0.306. The molecule has 0 bridgehead atoms. The van der Waals surface area contributed by atoms with E-state index in [1.165, 1.54) is 63.4 Å². The Labute approximate surface area is 292 Å². The van der Waals surface area contributed by atoms with Crippen LogP contribution in [-0.2, 0) is 5.41 Å². The van der Waals surface area contributed by atoms with Crippen molar-refractivity contribution in [2.24, 2.45) is 0 Å². The standard InChI is InChI=1S/C47H31NSe/c1-3-14-33(15-4-1)47(43-23-10-7-20-39(43)40-21-8-11-24-44(40)47)34-16-13-19-36(31-34)48(35-17-5-2-6-18-35)37-27-29-38-32(30-37)26-28-42-41-22-9-12-25-45(41)49-46(38)42/h1-31H. The summed E-state index contributed by atoms with van der Waals surface area (Å²) in [5.41, 5.74) is 10.8. The molecule has 49 heavy (non-hydrogen) atoms. The second-order valence-electron chi connectivity index (χ2n) is 12.9. The fourth-order valence-corrected chi connectivity index (χ4v) is 10.9. The second-order valence-corrected chi connectivity index (χ2v) is 15.1. The van der Waals surface area contributed by atoms with E-state index >= 15 is 0 Å². The first-order valence-corrected chi connectivity index (χ1v) is 18.6. The first-order valence-electron chi connectivity index (χ1n) is 16.9. The molecule has 0 spiro atoms. The zero-order chi connectivity index (χ0) is 32.4. The molecule has 1 aliphatic rings. The van der Waals surface area contributed by atoms with Gasteiger partial charge in [-0.25, -0.2) is 0 Å². The Morgan fingerprint density at radius 1 is 0.388 bits per heavy atom. The van der Waals surface area contributed by atoms with E-state index in [4.69, 9.17) is 0 Å². The Kier molecular flexibility index (Phi) is 6.49. The van der Waals surface area contributed by atoms with Crippen LogP contribution >= 0.6 is 0 Å². The van der Waals surface area contributed by atoms with Crippen molar-refractivity contribution in [2.45, 2.75) is 5.41 Å². The topological polar surface area (TPSA) is 3.24 Å².